The molecule has 0 unspecified atom stereocenters. The Morgan fingerprint density at radius 1 is 1.06 bits per heavy atom. The number of aryl methyl sites for hydroxylation is 1. The average Bonchev–Trinajstić information content (AvgIpc) is 2.81. The predicted octanol–water partition coefficient (Wildman–Crippen LogP) is 4.93. The maximum absolute atomic E-state index is 12.9. The van der Waals surface area contributed by atoms with Crippen LogP contribution >= 0.6 is 0 Å². The zero-order chi connectivity index (χ0) is 23.1. The fraction of sp³-hybridized carbons (Fsp3) is 0.536. The van der Waals surface area contributed by atoms with E-state index < -0.39 is 12.1 Å². The molecule has 1 aliphatic carbocycles. The summed E-state index contributed by atoms with van der Waals surface area (Å²) in [4.78, 5) is 12.9. The first-order valence-electron chi connectivity index (χ1n) is 12.0. The van der Waals surface area contributed by atoms with Crippen LogP contribution in [0.25, 0.3) is 0 Å². The minimum Gasteiger partial charge on any atom is -0.394 e. The first-order valence-corrected chi connectivity index (χ1v) is 12.0. The van der Waals surface area contributed by atoms with Gasteiger partial charge in [0.2, 0.25) is 5.91 Å². The Morgan fingerprint density at radius 3 is 2.38 bits per heavy atom. The molecule has 0 spiro atoms. The molecule has 0 aromatic heterocycles. The number of amides is 1. The van der Waals surface area contributed by atoms with Crippen LogP contribution in [0.1, 0.15) is 75.7 Å². The monoisotopic (exact) mass is 437 g/mol. The van der Waals surface area contributed by atoms with Crippen LogP contribution in [0.3, 0.4) is 0 Å². The zero-order valence-corrected chi connectivity index (χ0v) is 19.8. The van der Waals surface area contributed by atoms with Gasteiger partial charge in [-0.05, 0) is 53.7 Å². The topological polar surface area (TPSA) is 69.6 Å². The third-order valence-electron chi connectivity index (χ3n) is 6.86. The van der Waals surface area contributed by atoms with Crippen LogP contribution in [0.2, 0.25) is 0 Å². The van der Waals surface area contributed by atoms with Crippen molar-refractivity contribution in [1.29, 1.82) is 0 Å². The second kappa shape index (κ2) is 11.1. The molecule has 4 nitrogen and oxygen atoms in total. The molecular formula is C28H39NO3. The number of aliphatic hydroxyl groups is 2. The van der Waals surface area contributed by atoms with Gasteiger partial charge in [0.15, 0.2) is 0 Å². The summed E-state index contributed by atoms with van der Waals surface area (Å²) < 4.78 is 0. The van der Waals surface area contributed by atoms with E-state index >= 15 is 0 Å². The van der Waals surface area contributed by atoms with Crippen LogP contribution in [0.15, 0.2) is 54.6 Å². The van der Waals surface area contributed by atoms with Gasteiger partial charge in [0, 0.05) is 5.92 Å². The Balaban J connectivity index is 1.51. The molecule has 1 aliphatic rings. The Kier molecular flexibility index (Phi) is 8.50. The molecule has 32 heavy (non-hydrogen) atoms. The number of hydrogen-bond donors (Lipinski definition) is 3. The largest absolute Gasteiger partial charge is 0.394 e. The molecule has 3 rings (SSSR count). The lowest BCUT2D eigenvalue weighted by atomic mass is 9.78. The molecule has 1 saturated carbocycles. The van der Waals surface area contributed by atoms with E-state index in [4.69, 9.17) is 0 Å². The van der Waals surface area contributed by atoms with Crippen molar-refractivity contribution in [2.75, 3.05) is 6.61 Å². The van der Waals surface area contributed by atoms with Crippen molar-refractivity contribution in [2.24, 2.45) is 11.8 Å². The van der Waals surface area contributed by atoms with E-state index in [9.17, 15) is 15.0 Å². The molecule has 2 aromatic rings. The molecule has 174 valence electrons. The van der Waals surface area contributed by atoms with Gasteiger partial charge in [-0.2, -0.15) is 0 Å². The molecule has 4 heteroatoms. The van der Waals surface area contributed by atoms with E-state index in [0.717, 1.165) is 32.1 Å². The van der Waals surface area contributed by atoms with Crippen LogP contribution in [0.5, 0.6) is 0 Å². The van der Waals surface area contributed by atoms with Crippen LogP contribution in [0.4, 0.5) is 0 Å². The van der Waals surface area contributed by atoms with Crippen molar-refractivity contribution in [3.63, 3.8) is 0 Å². The minimum absolute atomic E-state index is 0.0433. The molecule has 4 atom stereocenters. The van der Waals surface area contributed by atoms with E-state index in [0.29, 0.717) is 11.5 Å². The smallest absolute Gasteiger partial charge is 0.223 e. The van der Waals surface area contributed by atoms with Crippen molar-refractivity contribution >= 4 is 5.91 Å². The second-order valence-corrected chi connectivity index (χ2v) is 10.4. The van der Waals surface area contributed by atoms with Crippen molar-refractivity contribution < 1.29 is 15.0 Å². The highest BCUT2D eigenvalue weighted by Crippen LogP contribution is 2.33. The molecular weight excluding hydrogens is 398 g/mol. The number of nitrogens with one attached hydrogen (secondary N) is 1. The molecule has 1 amide bonds. The first kappa shape index (κ1) is 24.5. The Labute approximate surface area is 193 Å². The summed E-state index contributed by atoms with van der Waals surface area (Å²) in [6.45, 7) is 6.41. The first-order chi connectivity index (χ1) is 15.3. The summed E-state index contributed by atoms with van der Waals surface area (Å²) >= 11 is 0. The highest BCUT2D eigenvalue weighted by atomic mass is 16.3. The average molecular weight is 438 g/mol. The normalized spacial score (nSPS) is 21.0. The highest BCUT2D eigenvalue weighted by molar-refractivity contribution is 5.79. The molecule has 0 aliphatic heterocycles. The SMILES string of the molecule is CC(C)(C)c1ccc(CC[C@@H]2CCC[C@H](C(=O)N[C@H](CO)[C@H](O)c3ccccc3)C2)cc1. The summed E-state index contributed by atoms with van der Waals surface area (Å²) in [5, 5.41) is 23.3. The fourth-order valence-electron chi connectivity index (χ4n) is 4.74. The quantitative estimate of drug-likeness (QED) is 0.548. The van der Waals surface area contributed by atoms with Crippen molar-refractivity contribution in [1.82, 2.24) is 5.32 Å². The maximum Gasteiger partial charge on any atom is 0.223 e. The molecule has 0 saturated heterocycles. The van der Waals surface area contributed by atoms with Crippen LogP contribution in [-0.4, -0.2) is 28.8 Å². The Hall–Kier alpha value is -2.17. The van der Waals surface area contributed by atoms with Gasteiger partial charge < -0.3 is 15.5 Å². The number of hydrogen-bond acceptors (Lipinski definition) is 3. The van der Waals surface area contributed by atoms with Gasteiger partial charge in [-0.1, -0.05) is 88.2 Å². The van der Waals surface area contributed by atoms with E-state index in [1.54, 1.807) is 0 Å². The summed E-state index contributed by atoms with van der Waals surface area (Å²) in [6.07, 6.45) is 5.19. The summed E-state index contributed by atoms with van der Waals surface area (Å²) in [7, 11) is 0. The number of benzene rings is 2. The van der Waals surface area contributed by atoms with Gasteiger partial charge in [0.05, 0.1) is 12.6 Å². The number of rotatable bonds is 8. The van der Waals surface area contributed by atoms with E-state index in [1.807, 2.05) is 30.3 Å². The van der Waals surface area contributed by atoms with Crippen molar-refractivity contribution in [3.8, 4) is 0 Å². The highest BCUT2D eigenvalue weighted by Gasteiger charge is 2.30. The van der Waals surface area contributed by atoms with Crippen LogP contribution < -0.4 is 5.32 Å². The van der Waals surface area contributed by atoms with Crippen LogP contribution in [-0.2, 0) is 16.6 Å². The van der Waals surface area contributed by atoms with Gasteiger partial charge >= 0.3 is 0 Å². The van der Waals surface area contributed by atoms with Gasteiger partial charge in [-0.25, -0.2) is 0 Å². The molecule has 1 fully saturated rings. The summed E-state index contributed by atoms with van der Waals surface area (Å²) in [6, 6.07) is 17.5. The molecule has 3 N–H and O–H groups in total. The third kappa shape index (κ3) is 6.66. The molecule has 0 bridgehead atoms. The second-order valence-electron chi connectivity index (χ2n) is 10.4. The van der Waals surface area contributed by atoms with Crippen LogP contribution in [0, 0.1) is 11.8 Å². The van der Waals surface area contributed by atoms with Crippen molar-refractivity contribution in [3.05, 3.63) is 71.3 Å². The van der Waals surface area contributed by atoms with Crippen molar-refractivity contribution in [2.45, 2.75) is 76.9 Å². The number of carbonyl (C=O) groups excluding carboxylic acids is 1. The molecule has 0 heterocycles. The van der Waals surface area contributed by atoms with Gasteiger partial charge in [-0.3, -0.25) is 4.79 Å². The predicted molar refractivity (Wildman–Crippen MR) is 129 cm³/mol. The Morgan fingerprint density at radius 2 is 1.75 bits per heavy atom. The molecule has 2 aromatic carbocycles. The fourth-order valence-corrected chi connectivity index (χ4v) is 4.74. The summed E-state index contributed by atoms with van der Waals surface area (Å²) in [5.74, 6) is 0.445. The number of aliphatic hydroxyl groups excluding tert-OH is 2. The lowest BCUT2D eigenvalue weighted by Gasteiger charge is -2.31. The lowest BCUT2D eigenvalue weighted by Crippen LogP contribution is -2.45. The van der Waals surface area contributed by atoms with Gasteiger partial charge in [-0.15, -0.1) is 0 Å². The lowest BCUT2D eigenvalue weighted by molar-refractivity contribution is -0.128. The molecule has 0 radical (unpaired) electrons. The van der Waals surface area contributed by atoms with Gasteiger partial charge in [0.1, 0.15) is 6.10 Å². The summed E-state index contributed by atoms with van der Waals surface area (Å²) in [5.41, 5.74) is 3.58. The van der Waals surface area contributed by atoms with Gasteiger partial charge in [0.25, 0.3) is 0 Å². The minimum atomic E-state index is -0.916. The maximum atomic E-state index is 12.9. The Bertz CT molecular complexity index is 841. The zero-order valence-electron chi connectivity index (χ0n) is 19.8. The van der Waals surface area contributed by atoms with E-state index in [2.05, 4.69) is 50.4 Å². The van der Waals surface area contributed by atoms with E-state index in [-0.39, 0.29) is 23.8 Å². The number of carbonyl (C=O) groups is 1. The standard InChI is InChI=1S/C28H39NO3/c1-28(2,3)24-16-14-20(15-17-24)12-13-21-8-7-11-23(18-21)27(32)29-25(19-30)26(31)22-9-5-4-6-10-22/h4-6,9-10,14-17,21,23,25-26,30-31H,7-8,11-13,18-19H2,1-3H3,(H,29,32)/t21-,23-,25+,26+/m0/s1. The van der Waals surface area contributed by atoms with E-state index in [1.165, 1.54) is 17.5 Å². The third-order valence-corrected chi connectivity index (χ3v) is 6.86.